The second-order valence-electron chi connectivity index (χ2n) is 2.88. The summed E-state index contributed by atoms with van der Waals surface area (Å²) in [5.41, 5.74) is 2.56. The summed E-state index contributed by atoms with van der Waals surface area (Å²) in [6, 6.07) is 3.75. The van der Waals surface area contributed by atoms with Gasteiger partial charge in [0.2, 0.25) is 0 Å². The molecule has 76 valence electrons. The molecule has 0 amide bonds. The highest BCUT2D eigenvalue weighted by molar-refractivity contribution is 9.10. The third kappa shape index (κ3) is 2.36. The first-order valence-corrected chi connectivity index (χ1v) is 5.95. The molecule has 0 saturated heterocycles. The molecule has 14 heavy (non-hydrogen) atoms. The highest BCUT2D eigenvalue weighted by atomic mass is 79.9. The normalized spacial score (nSPS) is 10.0. The van der Waals surface area contributed by atoms with Crippen LogP contribution in [0.1, 0.15) is 21.5 Å². The maximum atomic E-state index is 11.4. The van der Waals surface area contributed by atoms with E-state index in [1.807, 2.05) is 19.1 Å². The number of carbonyl (C=O) groups excluding carboxylic acids is 1. The van der Waals surface area contributed by atoms with Crippen molar-refractivity contribution >= 4 is 37.8 Å². The van der Waals surface area contributed by atoms with E-state index in [2.05, 4.69) is 31.9 Å². The Morgan fingerprint density at radius 1 is 1.50 bits per heavy atom. The van der Waals surface area contributed by atoms with Gasteiger partial charge in [-0.3, -0.25) is 0 Å². The lowest BCUT2D eigenvalue weighted by Gasteiger charge is -2.08. The van der Waals surface area contributed by atoms with Crippen LogP contribution in [0.4, 0.5) is 0 Å². The lowest BCUT2D eigenvalue weighted by atomic mass is 10.1. The summed E-state index contributed by atoms with van der Waals surface area (Å²) >= 11 is 6.76. The van der Waals surface area contributed by atoms with Gasteiger partial charge in [-0.25, -0.2) is 4.79 Å². The van der Waals surface area contributed by atoms with Gasteiger partial charge in [-0.2, -0.15) is 0 Å². The van der Waals surface area contributed by atoms with Gasteiger partial charge in [-0.1, -0.05) is 31.9 Å². The van der Waals surface area contributed by atoms with E-state index in [1.54, 1.807) is 0 Å². The van der Waals surface area contributed by atoms with Gasteiger partial charge in [0.1, 0.15) is 0 Å². The molecule has 1 aromatic rings. The number of esters is 1. The predicted octanol–water partition coefficient (Wildman–Crippen LogP) is 3.44. The van der Waals surface area contributed by atoms with Crippen molar-refractivity contribution in [2.24, 2.45) is 0 Å². The molecule has 0 aliphatic carbocycles. The Morgan fingerprint density at radius 2 is 2.14 bits per heavy atom. The molecule has 0 bridgehead atoms. The number of carbonyl (C=O) groups is 1. The predicted molar refractivity (Wildman–Crippen MR) is 62.8 cm³/mol. The van der Waals surface area contributed by atoms with Gasteiger partial charge in [-0.15, -0.1) is 0 Å². The van der Waals surface area contributed by atoms with Crippen LogP contribution in [-0.4, -0.2) is 13.1 Å². The quantitative estimate of drug-likeness (QED) is 0.616. The van der Waals surface area contributed by atoms with Gasteiger partial charge in [-0.05, 0) is 30.2 Å². The zero-order valence-electron chi connectivity index (χ0n) is 7.93. The molecule has 0 unspecified atom stereocenters. The SMILES string of the molecule is COC(=O)c1cc(C)c(Br)cc1CBr. The van der Waals surface area contributed by atoms with Crippen LogP contribution in [0.25, 0.3) is 0 Å². The summed E-state index contributed by atoms with van der Waals surface area (Å²) in [7, 11) is 1.39. The summed E-state index contributed by atoms with van der Waals surface area (Å²) < 4.78 is 5.70. The Bertz CT molecular complexity index is 361. The topological polar surface area (TPSA) is 26.3 Å². The van der Waals surface area contributed by atoms with Gasteiger partial charge >= 0.3 is 5.97 Å². The van der Waals surface area contributed by atoms with Crippen LogP contribution in [0.15, 0.2) is 16.6 Å². The molecular weight excluding hydrogens is 312 g/mol. The lowest BCUT2D eigenvalue weighted by molar-refractivity contribution is 0.0599. The van der Waals surface area contributed by atoms with Crippen LogP contribution in [0.5, 0.6) is 0 Å². The number of hydrogen-bond donors (Lipinski definition) is 0. The molecule has 0 aliphatic heterocycles. The van der Waals surface area contributed by atoms with Crippen LogP contribution in [0.3, 0.4) is 0 Å². The number of rotatable bonds is 2. The Kier molecular flexibility index (Phi) is 4.13. The van der Waals surface area contributed by atoms with Crippen molar-refractivity contribution < 1.29 is 9.53 Å². The molecule has 1 aromatic carbocycles. The van der Waals surface area contributed by atoms with Crippen LogP contribution in [0, 0.1) is 6.92 Å². The summed E-state index contributed by atoms with van der Waals surface area (Å²) in [5.74, 6) is -0.296. The van der Waals surface area contributed by atoms with E-state index in [9.17, 15) is 4.79 Å². The van der Waals surface area contributed by atoms with E-state index in [1.165, 1.54) is 7.11 Å². The second-order valence-corrected chi connectivity index (χ2v) is 4.30. The monoisotopic (exact) mass is 320 g/mol. The summed E-state index contributed by atoms with van der Waals surface area (Å²) in [6.45, 7) is 1.94. The van der Waals surface area contributed by atoms with E-state index >= 15 is 0 Å². The largest absolute Gasteiger partial charge is 0.465 e. The van der Waals surface area contributed by atoms with Crippen LogP contribution in [-0.2, 0) is 10.1 Å². The minimum Gasteiger partial charge on any atom is -0.465 e. The summed E-state index contributed by atoms with van der Waals surface area (Å²) in [6.07, 6.45) is 0. The number of halogens is 2. The molecule has 0 atom stereocenters. The lowest BCUT2D eigenvalue weighted by Crippen LogP contribution is -2.05. The molecule has 2 nitrogen and oxygen atoms in total. The van der Waals surface area contributed by atoms with Gasteiger partial charge in [0.25, 0.3) is 0 Å². The van der Waals surface area contributed by atoms with Crippen molar-refractivity contribution in [2.75, 3.05) is 7.11 Å². The van der Waals surface area contributed by atoms with Gasteiger partial charge < -0.3 is 4.74 Å². The van der Waals surface area contributed by atoms with E-state index in [-0.39, 0.29) is 5.97 Å². The number of aryl methyl sites for hydroxylation is 1. The maximum Gasteiger partial charge on any atom is 0.338 e. The molecular formula is C10H10Br2O2. The molecule has 0 aliphatic rings. The Hall–Kier alpha value is -0.350. The van der Waals surface area contributed by atoms with E-state index in [0.29, 0.717) is 10.9 Å². The molecule has 0 aromatic heterocycles. The van der Waals surface area contributed by atoms with Crippen molar-refractivity contribution in [3.8, 4) is 0 Å². The van der Waals surface area contributed by atoms with Gasteiger partial charge in [0.15, 0.2) is 0 Å². The zero-order chi connectivity index (χ0) is 10.7. The van der Waals surface area contributed by atoms with Crippen molar-refractivity contribution in [1.29, 1.82) is 0 Å². The minimum atomic E-state index is -0.296. The van der Waals surface area contributed by atoms with Crippen LogP contribution < -0.4 is 0 Å². The first-order chi connectivity index (χ1) is 6.60. The number of ether oxygens (including phenoxy) is 1. The third-order valence-corrected chi connectivity index (χ3v) is 3.39. The highest BCUT2D eigenvalue weighted by Gasteiger charge is 2.12. The minimum absolute atomic E-state index is 0.296. The van der Waals surface area contributed by atoms with Crippen LogP contribution >= 0.6 is 31.9 Å². The number of hydrogen-bond acceptors (Lipinski definition) is 2. The molecule has 0 spiro atoms. The highest BCUT2D eigenvalue weighted by Crippen LogP contribution is 2.23. The zero-order valence-corrected chi connectivity index (χ0v) is 11.1. The van der Waals surface area contributed by atoms with E-state index < -0.39 is 0 Å². The summed E-state index contributed by atoms with van der Waals surface area (Å²) in [5, 5.41) is 0.635. The third-order valence-electron chi connectivity index (χ3n) is 1.93. The Balaban J connectivity index is 3.27. The standard InChI is InChI=1S/C10H10Br2O2/c1-6-3-8(10(13)14-2)7(5-11)4-9(6)12/h3-4H,5H2,1-2H3. The first kappa shape index (κ1) is 11.7. The average Bonchev–Trinajstić information content (AvgIpc) is 2.20. The molecule has 0 radical (unpaired) electrons. The molecule has 1 rings (SSSR count). The molecule has 0 heterocycles. The first-order valence-electron chi connectivity index (χ1n) is 4.03. The number of methoxy groups -OCH3 is 1. The molecule has 4 heteroatoms. The van der Waals surface area contributed by atoms with Crippen molar-refractivity contribution in [3.05, 3.63) is 33.3 Å². The Labute approximate surface area is 99.9 Å². The van der Waals surface area contributed by atoms with Crippen molar-refractivity contribution in [2.45, 2.75) is 12.3 Å². The average molecular weight is 322 g/mol. The fourth-order valence-electron chi connectivity index (χ4n) is 1.13. The molecule has 0 saturated carbocycles. The molecule has 0 N–H and O–H groups in total. The van der Waals surface area contributed by atoms with Gasteiger partial charge in [0.05, 0.1) is 12.7 Å². The van der Waals surface area contributed by atoms with Crippen LogP contribution in [0.2, 0.25) is 0 Å². The van der Waals surface area contributed by atoms with Crippen molar-refractivity contribution in [3.63, 3.8) is 0 Å². The summed E-state index contributed by atoms with van der Waals surface area (Å²) in [4.78, 5) is 11.4. The number of benzene rings is 1. The van der Waals surface area contributed by atoms with E-state index in [4.69, 9.17) is 4.74 Å². The van der Waals surface area contributed by atoms with E-state index in [0.717, 1.165) is 15.6 Å². The number of alkyl halides is 1. The van der Waals surface area contributed by atoms with Gasteiger partial charge in [0, 0.05) is 9.80 Å². The fourth-order valence-corrected chi connectivity index (χ4v) is 1.99. The fraction of sp³-hybridized carbons (Fsp3) is 0.300. The second kappa shape index (κ2) is 4.94. The molecule has 0 fully saturated rings. The Morgan fingerprint density at radius 3 is 2.64 bits per heavy atom. The smallest absolute Gasteiger partial charge is 0.338 e. The maximum absolute atomic E-state index is 11.4. The van der Waals surface area contributed by atoms with Crippen molar-refractivity contribution in [1.82, 2.24) is 0 Å².